The average molecular weight is 358 g/mol. The van der Waals surface area contributed by atoms with Gasteiger partial charge in [-0.25, -0.2) is 4.98 Å². The lowest BCUT2D eigenvalue weighted by Crippen LogP contribution is -2.05. The van der Waals surface area contributed by atoms with Crippen LogP contribution < -0.4 is 10.2 Å². The first-order valence-corrected chi connectivity index (χ1v) is 9.38. The number of anilines is 1. The number of thiophene rings is 1. The van der Waals surface area contributed by atoms with Crippen molar-refractivity contribution in [1.82, 2.24) is 4.98 Å². The molecule has 0 saturated carbocycles. The molecule has 0 aliphatic rings. The minimum Gasteiger partial charge on any atom is -0.491 e. The Kier molecular flexibility index (Phi) is 5.27. The molecular weight excluding hydrogens is 338 g/mol. The van der Waals surface area contributed by atoms with Gasteiger partial charge in [-0.3, -0.25) is 5.43 Å². The van der Waals surface area contributed by atoms with Crippen molar-refractivity contribution in [2.45, 2.75) is 26.9 Å². The Labute approximate surface area is 149 Å². The summed E-state index contributed by atoms with van der Waals surface area (Å²) in [5.74, 6) is 0.867. The van der Waals surface area contributed by atoms with Crippen molar-refractivity contribution < 1.29 is 4.74 Å². The van der Waals surface area contributed by atoms with E-state index in [1.54, 1.807) is 28.9 Å². The van der Waals surface area contributed by atoms with Gasteiger partial charge in [-0.15, -0.1) is 22.7 Å². The van der Waals surface area contributed by atoms with E-state index in [0.29, 0.717) is 0 Å². The second-order valence-corrected chi connectivity index (χ2v) is 7.66. The van der Waals surface area contributed by atoms with Crippen molar-refractivity contribution in [1.29, 1.82) is 0 Å². The average Bonchev–Trinajstić information content (AvgIpc) is 3.18. The number of rotatable bonds is 6. The SMILES string of the molecule is Cc1sc(N/N=C\c2ccc(OC(C)C)cc2)nc1-c1cccs1. The lowest BCUT2D eigenvalue weighted by atomic mass is 10.2. The zero-order chi connectivity index (χ0) is 16.9. The maximum absolute atomic E-state index is 5.63. The molecule has 0 fully saturated rings. The van der Waals surface area contributed by atoms with Crippen molar-refractivity contribution in [3.8, 4) is 16.3 Å². The molecule has 2 heterocycles. The summed E-state index contributed by atoms with van der Waals surface area (Å²) in [6.45, 7) is 6.11. The fourth-order valence-electron chi connectivity index (χ4n) is 2.15. The first-order chi connectivity index (χ1) is 11.6. The third-order valence-corrected chi connectivity index (χ3v) is 4.93. The van der Waals surface area contributed by atoms with Crippen LogP contribution in [0.3, 0.4) is 0 Å². The number of hydrogen-bond donors (Lipinski definition) is 1. The molecule has 24 heavy (non-hydrogen) atoms. The molecule has 0 saturated heterocycles. The van der Waals surface area contributed by atoms with Gasteiger partial charge in [0, 0.05) is 4.88 Å². The maximum atomic E-state index is 5.63. The molecule has 6 heteroatoms. The first kappa shape index (κ1) is 16.7. The van der Waals surface area contributed by atoms with Crippen molar-refractivity contribution in [3.63, 3.8) is 0 Å². The van der Waals surface area contributed by atoms with Gasteiger partial charge in [-0.2, -0.15) is 5.10 Å². The molecule has 4 nitrogen and oxygen atoms in total. The van der Waals surface area contributed by atoms with Gasteiger partial charge in [-0.1, -0.05) is 6.07 Å². The molecule has 124 valence electrons. The maximum Gasteiger partial charge on any atom is 0.204 e. The largest absolute Gasteiger partial charge is 0.491 e. The van der Waals surface area contributed by atoms with Gasteiger partial charge in [-0.05, 0) is 62.0 Å². The second-order valence-electron chi connectivity index (χ2n) is 5.51. The smallest absolute Gasteiger partial charge is 0.204 e. The van der Waals surface area contributed by atoms with E-state index in [-0.39, 0.29) is 6.10 Å². The topological polar surface area (TPSA) is 46.5 Å². The highest BCUT2D eigenvalue weighted by atomic mass is 32.1. The summed E-state index contributed by atoms with van der Waals surface area (Å²) in [7, 11) is 0. The third-order valence-electron chi connectivity index (χ3n) is 3.18. The van der Waals surface area contributed by atoms with E-state index in [1.165, 1.54) is 9.75 Å². The predicted octanol–water partition coefficient (Wildman–Crippen LogP) is 5.41. The van der Waals surface area contributed by atoms with Crippen LogP contribution in [0.5, 0.6) is 5.75 Å². The Morgan fingerprint density at radius 2 is 2.00 bits per heavy atom. The number of hydrazone groups is 1. The molecule has 0 bridgehead atoms. The number of hydrogen-bond acceptors (Lipinski definition) is 6. The lowest BCUT2D eigenvalue weighted by Gasteiger charge is -2.08. The fraction of sp³-hybridized carbons (Fsp3) is 0.222. The summed E-state index contributed by atoms with van der Waals surface area (Å²) in [6.07, 6.45) is 1.96. The van der Waals surface area contributed by atoms with E-state index >= 15 is 0 Å². The van der Waals surface area contributed by atoms with E-state index in [9.17, 15) is 0 Å². The fourth-order valence-corrected chi connectivity index (χ4v) is 3.77. The van der Waals surface area contributed by atoms with Crippen LogP contribution in [0.1, 0.15) is 24.3 Å². The van der Waals surface area contributed by atoms with Crippen molar-refractivity contribution in [2.24, 2.45) is 5.10 Å². The summed E-state index contributed by atoms with van der Waals surface area (Å²) in [6, 6.07) is 12.0. The first-order valence-electron chi connectivity index (χ1n) is 7.69. The van der Waals surface area contributed by atoms with Crippen molar-refractivity contribution >= 4 is 34.0 Å². The van der Waals surface area contributed by atoms with E-state index in [1.807, 2.05) is 44.2 Å². The molecule has 3 rings (SSSR count). The molecule has 0 amide bonds. The zero-order valence-corrected chi connectivity index (χ0v) is 15.4. The number of benzene rings is 1. The van der Waals surface area contributed by atoms with Crippen LogP contribution in [0.25, 0.3) is 10.6 Å². The Morgan fingerprint density at radius 1 is 1.21 bits per heavy atom. The van der Waals surface area contributed by atoms with Gasteiger partial charge in [0.25, 0.3) is 0 Å². The number of ether oxygens (including phenoxy) is 1. The zero-order valence-electron chi connectivity index (χ0n) is 13.8. The normalized spacial score (nSPS) is 11.3. The van der Waals surface area contributed by atoms with E-state index in [2.05, 4.69) is 33.9 Å². The number of thiazole rings is 1. The molecule has 0 aliphatic carbocycles. The van der Waals surface area contributed by atoms with Gasteiger partial charge in [0.2, 0.25) is 5.13 Å². The van der Waals surface area contributed by atoms with E-state index < -0.39 is 0 Å². The van der Waals surface area contributed by atoms with Crippen LogP contribution in [-0.2, 0) is 0 Å². The Hall–Kier alpha value is -2.18. The highest BCUT2D eigenvalue weighted by molar-refractivity contribution is 7.17. The monoisotopic (exact) mass is 357 g/mol. The van der Waals surface area contributed by atoms with Gasteiger partial charge in [0.05, 0.1) is 22.9 Å². The molecule has 0 radical (unpaired) electrons. The molecule has 0 unspecified atom stereocenters. The van der Waals surface area contributed by atoms with Crippen LogP contribution in [-0.4, -0.2) is 17.3 Å². The highest BCUT2D eigenvalue weighted by Crippen LogP contribution is 2.32. The van der Waals surface area contributed by atoms with E-state index in [0.717, 1.165) is 22.1 Å². The summed E-state index contributed by atoms with van der Waals surface area (Å²) in [4.78, 5) is 6.98. The second kappa shape index (κ2) is 7.59. The quantitative estimate of drug-likeness (QED) is 0.474. The summed E-state index contributed by atoms with van der Waals surface area (Å²) in [5.41, 5.74) is 5.05. The van der Waals surface area contributed by atoms with Gasteiger partial charge >= 0.3 is 0 Å². The number of nitrogens with one attached hydrogen (secondary N) is 1. The van der Waals surface area contributed by atoms with Gasteiger partial charge < -0.3 is 4.74 Å². The minimum atomic E-state index is 0.178. The van der Waals surface area contributed by atoms with Crippen LogP contribution in [0.4, 0.5) is 5.13 Å². The molecule has 1 N–H and O–H groups in total. The van der Waals surface area contributed by atoms with Crippen molar-refractivity contribution in [2.75, 3.05) is 5.43 Å². The number of nitrogens with zero attached hydrogens (tertiary/aromatic N) is 2. The van der Waals surface area contributed by atoms with E-state index in [4.69, 9.17) is 4.74 Å². The third kappa shape index (κ3) is 4.21. The Morgan fingerprint density at radius 3 is 2.67 bits per heavy atom. The number of aryl methyl sites for hydroxylation is 1. The lowest BCUT2D eigenvalue weighted by molar-refractivity contribution is 0.242. The van der Waals surface area contributed by atoms with Crippen LogP contribution in [0.15, 0.2) is 46.9 Å². The highest BCUT2D eigenvalue weighted by Gasteiger charge is 2.09. The van der Waals surface area contributed by atoms with Crippen LogP contribution in [0, 0.1) is 6.92 Å². The molecular formula is C18H19N3OS2. The molecule has 3 aromatic rings. The summed E-state index contributed by atoms with van der Waals surface area (Å²) < 4.78 is 5.63. The molecule has 2 aromatic heterocycles. The van der Waals surface area contributed by atoms with Crippen molar-refractivity contribution in [3.05, 3.63) is 52.2 Å². The van der Waals surface area contributed by atoms with Crippen LogP contribution >= 0.6 is 22.7 Å². The van der Waals surface area contributed by atoms with Crippen LogP contribution in [0.2, 0.25) is 0 Å². The van der Waals surface area contributed by atoms with Gasteiger partial charge in [0.15, 0.2) is 0 Å². The summed E-state index contributed by atoms with van der Waals surface area (Å²) >= 11 is 3.30. The molecule has 0 spiro atoms. The number of aromatic nitrogens is 1. The Balaban J connectivity index is 1.63. The molecule has 0 atom stereocenters. The molecule has 0 aliphatic heterocycles. The predicted molar refractivity (Wildman–Crippen MR) is 104 cm³/mol. The minimum absolute atomic E-state index is 0.178. The van der Waals surface area contributed by atoms with Gasteiger partial charge in [0.1, 0.15) is 5.75 Å². The Bertz CT molecular complexity index is 805. The standard InChI is InChI=1S/C18H19N3OS2/c1-12(2)22-15-8-6-14(7-9-15)11-19-21-18-20-17(13(3)24-18)16-5-4-10-23-16/h4-12H,1-3H3,(H,20,21)/b19-11-. The summed E-state index contributed by atoms with van der Waals surface area (Å²) in [5, 5.41) is 7.13. The molecule has 1 aromatic carbocycles.